The quantitative estimate of drug-likeness (QED) is 0.508. The Labute approximate surface area is 206 Å². The molecule has 0 saturated heterocycles. The third-order valence-corrected chi connectivity index (χ3v) is 7.63. The van der Waals surface area contributed by atoms with Gasteiger partial charge in [0.2, 0.25) is 5.91 Å². The zero-order chi connectivity index (χ0) is 24.8. The maximum atomic E-state index is 12.4. The van der Waals surface area contributed by atoms with Gasteiger partial charge in [-0.1, -0.05) is 11.3 Å². The second kappa shape index (κ2) is 11.6. The summed E-state index contributed by atoms with van der Waals surface area (Å²) in [7, 11) is 1.52. The van der Waals surface area contributed by atoms with Gasteiger partial charge in [-0.15, -0.1) is 0 Å². The summed E-state index contributed by atoms with van der Waals surface area (Å²) < 4.78 is 52.0. The van der Waals surface area contributed by atoms with Gasteiger partial charge in [-0.05, 0) is 56.1 Å². The van der Waals surface area contributed by atoms with Gasteiger partial charge in [0.25, 0.3) is 11.1 Å². The highest BCUT2D eigenvalue weighted by atomic mass is 32.1. The first-order valence-corrected chi connectivity index (χ1v) is 12.8. The molecule has 1 fully saturated rings. The molecule has 12 heteroatoms. The first-order chi connectivity index (χ1) is 16.8. The molecular formula is C23H31F3N4O4S. The molecule has 0 aromatic carbocycles. The van der Waals surface area contributed by atoms with Crippen molar-refractivity contribution in [2.45, 2.75) is 70.1 Å². The zero-order valence-electron chi connectivity index (χ0n) is 19.7. The summed E-state index contributed by atoms with van der Waals surface area (Å²) in [6.45, 7) is 1.18. The number of halogens is 3. The number of amides is 1. The Bertz CT molecular complexity index is 972. The molecule has 1 amide bonds. The summed E-state index contributed by atoms with van der Waals surface area (Å²) in [6.07, 6.45) is 2.47. The number of hydrogen-bond acceptors (Lipinski definition) is 8. The number of thiazole rings is 1. The second-order valence-corrected chi connectivity index (χ2v) is 10.2. The first kappa shape index (κ1) is 25.7. The average molecular weight is 517 g/mol. The predicted molar refractivity (Wildman–Crippen MR) is 123 cm³/mol. The van der Waals surface area contributed by atoms with Crippen molar-refractivity contribution in [3.05, 3.63) is 22.4 Å². The van der Waals surface area contributed by atoms with E-state index in [4.69, 9.17) is 14.0 Å². The lowest BCUT2D eigenvalue weighted by Gasteiger charge is -2.32. The van der Waals surface area contributed by atoms with Crippen LogP contribution in [0.5, 0.6) is 11.1 Å². The summed E-state index contributed by atoms with van der Waals surface area (Å²) in [5.74, 6) is 1.69. The van der Waals surface area contributed by atoms with E-state index in [-0.39, 0.29) is 17.1 Å². The van der Waals surface area contributed by atoms with E-state index in [1.807, 2.05) is 0 Å². The van der Waals surface area contributed by atoms with Crippen molar-refractivity contribution in [3.8, 4) is 11.1 Å². The second-order valence-electron chi connectivity index (χ2n) is 9.19. The molecule has 0 atom stereocenters. The number of hydrogen-bond donors (Lipinski definition) is 1. The number of fused-ring (bicyclic) bond motifs is 1. The predicted octanol–water partition coefficient (Wildman–Crippen LogP) is 4.14. The number of nitrogens with one attached hydrogen (secondary N) is 1. The van der Waals surface area contributed by atoms with Crippen LogP contribution in [-0.4, -0.2) is 60.0 Å². The molecular weight excluding hydrogens is 485 g/mol. The van der Waals surface area contributed by atoms with Gasteiger partial charge in [-0.25, -0.2) is 4.98 Å². The van der Waals surface area contributed by atoms with Crippen LogP contribution in [0.1, 0.15) is 54.9 Å². The Kier molecular flexibility index (Phi) is 8.53. The average Bonchev–Trinajstić information content (AvgIpc) is 3.46. The van der Waals surface area contributed by atoms with E-state index in [2.05, 4.69) is 20.4 Å². The molecule has 0 radical (unpaired) electrons. The van der Waals surface area contributed by atoms with Gasteiger partial charge >= 0.3 is 6.18 Å². The Morgan fingerprint density at radius 2 is 2.11 bits per heavy atom. The number of rotatable bonds is 10. The van der Waals surface area contributed by atoms with Crippen molar-refractivity contribution < 1.29 is 32.0 Å². The summed E-state index contributed by atoms with van der Waals surface area (Å²) in [6, 6.07) is 1.90. The number of methoxy groups -OCH3 is 1. The van der Waals surface area contributed by atoms with Crippen LogP contribution in [0, 0.1) is 5.92 Å². The van der Waals surface area contributed by atoms with Gasteiger partial charge in [0, 0.05) is 42.9 Å². The largest absolute Gasteiger partial charge is 0.479 e. The van der Waals surface area contributed by atoms with Gasteiger partial charge < -0.3 is 19.3 Å². The van der Waals surface area contributed by atoms with Crippen molar-refractivity contribution in [3.63, 3.8) is 0 Å². The SMILES string of the molecule is COc1cc(CCC(=O)NC2CCC(CCN3CCc4sc(OCC(F)(F)F)nc4C3)CC2)on1. The zero-order valence-corrected chi connectivity index (χ0v) is 20.6. The van der Waals surface area contributed by atoms with Crippen LogP contribution in [0.4, 0.5) is 13.2 Å². The molecule has 2 aromatic rings. The molecule has 1 saturated carbocycles. The minimum atomic E-state index is -4.35. The fourth-order valence-corrected chi connectivity index (χ4v) is 5.54. The maximum Gasteiger partial charge on any atom is 0.422 e. The lowest BCUT2D eigenvalue weighted by atomic mass is 9.84. The summed E-state index contributed by atoms with van der Waals surface area (Å²) in [5.41, 5.74) is 0.841. The van der Waals surface area contributed by atoms with Crippen LogP contribution in [0.3, 0.4) is 0 Å². The lowest BCUT2D eigenvalue weighted by molar-refractivity contribution is -0.153. The highest BCUT2D eigenvalue weighted by molar-refractivity contribution is 7.13. The van der Waals surface area contributed by atoms with Crippen molar-refractivity contribution >= 4 is 17.2 Å². The number of alkyl halides is 3. The number of carbonyl (C=O) groups is 1. The van der Waals surface area contributed by atoms with E-state index < -0.39 is 12.8 Å². The third-order valence-electron chi connectivity index (χ3n) is 6.56. The number of ether oxygens (including phenoxy) is 2. The maximum absolute atomic E-state index is 12.4. The molecule has 4 rings (SSSR count). The highest BCUT2D eigenvalue weighted by Crippen LogP contribution is 2.32. The van der Waals surface area contributed by atoms with Crippen LogP contribution in [0.25, 0.3) is 0 Å². The van der Waals surface area contributed by atoms with Crippen molar-refractivity contribution in [2.75, 3.05) is 26.8 Å². The van der Waals surface area contributed by atoms with Crippen LogP contribution >= 0.6 is 11.3 Å². The number of carbonyl (C=O) groups excluding carboxylic acids is 1. The normalized spacial score (nSPS) is 20.9. The Hall–Kier alpha value is -2.34. The van der Waals surface area contributed by atoms with Crippen molar-refractivity contribution in [1.82, 2.24) is 20.4 Å². The van der Waals surface area contributed by atoms with E-state index in [0.29, 0.717) is 36.9 Å². The molecule has 1 aliphatic heterocycles. The molecule has 8 nitrogen and oxygen atoms in total. The fourth-order valence-electron chi connectivity index (χ4n) is 4.63. The molecule has 2 aromatic heterocycles. The fraction of sp³-hybridized carbons (Fsp3) is 0.696. The molecule has 0 spiro atoms. The lowest BCUT2D eigenvalue weighted by Crippen LogP contribution is -2.38. The van der Waals surface area contributed by atoms with Gasteiger partial charge in [0.1, 0.15) is 5.76 Å². The third kappa shape index (κ3) is 7.83. The summed E-state index contributed by atoms with van der Waals surface area (Å²) in [5, 5.41) is 6.98. The standard InChI is InChI=1S/C23H31F3N4O4S/c1-32-21-12-17(34-29-21)6-7-20(31)27-16-4-2-15(3-5-16)8-10-30-11-9-19-18(13-30)28-22(35-19)33-14-23(24,25)26/h12,15-16H,2-11,13-14H2,1H3,(H,27,31). The molecule has 35 heavy (non-hydrogen) atoms. The molecule has 0 bridgehead atoms. The first-order valence-electron chi connectivity index (χ1n) is 12.0. The van der Waals surface area contributed by atoms with Gasteiger partial charge in [0.05, 0.1) is 12.8 Å². The van der Waals surface area contributed by atoms with Crippen LogP contribution in [0.15, 0.2) is 10.6 Å². The van der Waals surface area contributed by atoms with E-state index in [1.54, 1.807) is 6.07 Å². The molecule has 2 aliphatic rings. The Morgan fingerprint density at radius 3 is 2.83 bits per heavy atom. The van der Waals surface area contributed by atoms with Crippen molar-refractivity contribution in [2.24, 2.45) is 5.92 Å². The minimum Gasteiger partial charge on any atom is -0.479 e. The minimum absolute atomic E-state index is 0.0229. The highest BCUT2D eigenvalue weighted by Gasteiger charge is 2.30. The van der Waals surface area contributed by atoms with Crippen LogP contribution in [0.2, 0.25) is 0 Å². The summed E-state index contributed by atoms with van der Waals surface area (Å²) in [4.78, 5) is 19.9. The Morgan fingerprint density at radius 1 is 1.31 bits per heavy atom. The number of nitrogens with zero attached hydrogens (tertiary/aromatic N) is 3. The van der Waals surface area contributed by atoms with E-state index in [0.717, 1.165) is 62.2 Å². The molecule has 194 valence electrons. The monoisotopic (exact) mass is 516 g/mol. The van der Waals surface area contributed by atoms with E-state index in [1.165, 1.54) is 18.4 Å². The number of aryl methyl sites for hydroxylation is 1. The van der Waals surface area contributed by atoms with Crippen LogP contribution in [-0.2, 0) is 24.2 Å². The smallest absolute Gasteiger partial charge is 0.422 e. The van der Waals surface area contributed by atoms with Gasteiger partial charge in [0.15, 0.2) is 6.61 Å². The van der Waals surface area contributed by atoms with E-state index >= 15 is 0 Å². The Balaban J connectivity index is 1.12. The van der Waals surface area contributed by atoms with E-state index in [9.17, 15) is 18.0 Å². The summed E-state index contributed by atoms with van der Waals surface area (Å²) >= 11 is 1.22. The molecule has 1 aliphatic carbocycles. The van der Waals surface area contributed by atoms with Crippen LogP contribution < -0.4 is 14.8 Å². The molecule has 3 heterocycles. The molecule has 0 unspecified atom stereocenters. The molecule has 1 N–H and O–H groups in total. The number of aromatic nitrogens is 2. The van der Waals surface area contributed by atoms with Crippen molar-refractivity contribution in [1.29, 1.82) is 0 Å². The van der Waals surface area contributed by atoms with Gasteiger partial charge in [-0.3, -0.25) is 9.69 Å². The van der Waals surface area contributed by atoms with Gasteiger partial charge in [-0.2, -0.15) is 13.2 Å². The topological polar surface area (TPSA) is 89.7 Å².